The van der Waals surface area contributed by atoms with Crippen molar-refractivity contribution in [2.45, 2.75) is 19.8 Å². The lowest BCUT2D eigenvalue weighted by molar-refractivity contribution is -0.120. The third-order valence-corrected chi connectivity index (χ3v) is 6.01. The maximum absolute atomic E-state index is 12.6. The van der Waals surface area contributed by atoms with E-state index in [1.807, 2.05) is 6.07 Å². The van der Waals surface area contributed by atoms with Crippen molar-refractivity contribution in [3.63, 3.8) is 0 Å². The van der Waals surface area contributed by atoms with E-state index in [2.05, 4.69) is 41.4 Å². The molecule has 0 unspecified atom stereocenters. The van der Waals surface area contributed by atoms with Crippen molar-refractivity contribution in [1.29, 1.82) is 5.26 Å². The summed E-state index contributed by atoms with van der Waals surface area (Å²) >= 11 is 1.72. The zero-order valence-corrected chi connectivity index (χ0v) is 15.9. The smallest absolute Gasteiger partial charge is 0.227 e. The topological polar surface area (TPSA) is 69.0 Å². The molecule has 27 heavy (non-hydrogen) atoms. The number of fused-ring (bicyclic) bond motifs is 1. The Labute approximate surface area is 162 Å². The number of amides is 1. The molecule has 1 amide bonds. The fraction of sp³-hybridized carbons (Fsp3) is 0.286. The molecule has 1 N–H and O–H groups in total. The number of nitriles is 1. The Morgan fingerprint density at radius 3 is 2.85 bits per heavy atom. The number of aryl methyl sites for hydroxylation is 1. The molecule has 0 atom stereocenters. The first-order valence-corrected chi connectivity index (χ1v) is 9.87. The van der Waals surface area contributed by atoms with Gasteiger partial charge in [0.15, 0.2) is 5.13 Å². The van der Waals surface area contributed by atoms with Gasteiger partial charge in [0.2, 0.25) is 5.91 Å². The number of nitrogens with one attached hydrogen (secondary N) is 1. The normalized spacial score (nSPS) is 14.9. The number of piperidine rings is 1. The van der Waals surface area contributed by atoms with Crippen molar-refractivity contribution in [2.75, 3.05) is 23.3 Å². The van der Waals surface area contributed by atoms with Gasteiger partial charge in [-0.15, -0.1) is 0 Å². The molecule has 4 rings (SSSR count). The molecule has 136 valence electrons. The number of hydrogen-bond acceptors (Lipinski definition) is 5. The van der Waals surface area contributed by atoms with E-state index in [0.29, 0.717) is 11.3 Å². The second-order valence-electron chi connectivity index (χ2n) is 6.91. The van der Waals surface area contributed by atoms with Crippen LogP contribution in [0.3, 0.4) is 0 Å². The van der Waals surface area contributed by atoms with Crippen LogP contribution in [0, 0.1) is 24.2 Å². The largest absolute Gasteiger partial charge is 0.348 e. The summed E-state index contributed by atoms with van der Waals surface area (Å²) in [6.45, 7) is 3.75. The van der Waals surface area contributed by atoms with Crippen LogP contribution in [-0.2, 0) is 4.79 Å². The molecule has 1 aromatic heterocycles. The van der Waals surface area contributed by atoms with Gasteiger partial charge in [-0.25, -0.2) is 4.98 Å². The maximum atomic E-state index is 12.6. The molecule has 1 aliphatic heterocycles. The van der Waals surface area contributed by atoms with E-state index in [4.69, 9.17) is 10.2 Å². The van der Waals surface area contributed by atoms with Crippen LogP contribution in [0.25, 0.3) is 10.2 Å². The molecule has 3 aromatic rings. The minimum Gasteiger partial charge on any atom is -0.348 e. The van der Waals surface area contributed by atoms with Crippen LogP contribution in [0.2, 0.25) is 0 Å². The summed E-state index contributed by atoms with van der Waals surface area (Å²) in [4.78, 5) is 19.6. The summed E-state index contributed by atoms with van der Waals surface area (Å²) in [6, 6.07) is 15.5. The number of rotatable bonds is 3. The summed E-state index contributed by atoms with van der Waals surface area (Å²) in [5.74, 6) is 0.0216. The Kier molecular flexibility index (Phi) is 4.78. The molecule has 0 saturated carbocycles. The predicted molar refractivity (Wildman–Crippen MR) is 109 cm³/mol. The summed E-state index contributed by atoms with van der Waals surface area (Å²) < 4.78 is 1.21. The number of benzene rings is 2. The van der Waals surface area contributed by atoms with Crippen molar-refractivity contribution in [1.82, 2.24) is 4.98 Å². The van der Waals surface area contributed by atoms with Gasteiger partial charge >= 0.3 is 0 Å². The van der Waals surface area contributed by atoms with Crippen molar-refractivity contribution >= 4 is 38.3 Å². The summed E-state index contributed by atoms with van der Waals surface area (Å²) in [6.07, 6.45) is 1.61. The standard InChI is InChI=1S/C21H20N4OS/c1-14-5-6-18-19(11-14)27-21(24-18)25-9-7-16(8-10-25)20(26)23-17-4-2-3-15(12-17)13-22/h2-6,11-12,16H,7-10H2,1H3,(H,23,26). The molecule has 6 heteroatoms. The van der Waals surface area contributed by atoms with Crippen LogP contribution in [-0.4, -0.2) is 24.0 Å². The van der Waals surface area contributed by atoms with E-state index in [1.165, 1.54) is 10.3 Å². The first kappa shape index (κ1) is 17.5. The van der Waals surface area contributed by atoms with Gasteiger partial charge in [-0.3, -0.25) is 4.79 Å². The molecule has 1 saturated heterocycles. The second-order valence-corrected chi connectivity index (χ2v) is 7.92. The molecule has 0 aliphatic carbocycles. The van der Waals surface area contributed by atoms with Crippen molar-refractivity contribution in [3.8, 4) is 6.07 Å². The first-order valence-electron chi connectivity index (χ1n) is 9.05. The van der Waals surface area contributed by atoms with Crippen molar-refractivity contribution in [2.24, 2.45) is 5.92 Å². The van der Waals surface area contributed by atoms with Crippen LogP contribution < -0.4 is 10.2 Å². The van der Waals surface area contributed by atoms with Crippen LogP contribution in [0.4, 0.5) is 10.8 Å². The van der Waals surface area contributed by atoms with Gasteiger partial charge in [-0.1, -0.05) is 23.5 Å². The number of carbonyl (C=O) groups excluding carboxylic acids is 1. The highest BCUT2D eigenvalue weighted by molar-refractivity contribution is 7.22. The lowest BCUT2D eigenvalue weighted by Crippen LogP contribution is -2.38. The van der Waals surface area contributed by atoms with Crippen molar-refractivity contribution in [3.05, 3.63) is 53.6 Å². The van der Waals surface area contributed by atoms with Gasteiger partial charge in [0, 0.05) is 24.7 Å². The van der Waals surface area contributed by atoms with Gasteiger partial charge in [0.05, 0.1) is 21.8 Å². The van der Waals surface area contributed by atoms with E-state index < -0.39 is 0 Å². The zero-order valence-electron chi connectivity index (χ0n) is 15.1. The highest BCUT2D eigenvalue weighted by Gasteiger charge is 2.26. The lowest BCUT2D eigenvalue weighted by atomic mass is 9.96. The Hall–Kier alpha value is -2.91. The average molecular weight is 376 g/mol. The first-order chi connectivity index (χ1) is 13.1. The molecule has 0 radical (unpaired) electrons. The van der Waals surface area contributed by atoms with E-state index >= 15 is 0 Å². The van der Waals surface area contributed by atoms with E-state index in [9.17, 15) is 4.79 Å². The number of anilines is 2. The highest BCUT2D eigenvalue weighted by atomic mass is 32.1. The molecule has 0 spiro atoms. The van der Waals surface area contributed by atoms with Gasteiger partial charge in [0.1, 0.15) is 0 Å². The molecule has 2 heterocycles. The molecular formula is C21H20N4OS. The SMILES string of the molecule is Cc1ccc2nc(N3CCC(C(=O)Nc4cccc(C#N)c4)CC3)sc2c1. The molecule has 5 nitrogen and oxygen atoms in total. The van der Waals surface area contributed by atoms with Gasteiger partial charge in [-0.2, -0.15) is 5.26 Å². The van der Waals surface area contributed by atoms with E-state index in [-0.39, 0.29) is 11.8 Å². The molecule has 1 aliphatic rings. The summed E-state index contributed by atoms with van der Waals surface area (Å²) in [7, 11) is 0. The Morgan fingerprint density at radius 1 is 1.26 bits per heavy atom. The number of hydrogen-bond donors (Lipinski definition) is 1. The third-order valence-electron chi connectivity index (χ3n) is 4.93. The maximum Gasteiger partial charge on any atom is 0.227 e. The summed E-state index contributed by atoms with van der Waals surface area (Å²) in [5.41, 5.74) is 3.52. The molecule has 1 fully saturated rings. The molecular weight excluding hydrogens is 356 g/mol. The quantitative estimate of drug-likeness (QED) is 0.739. The van der Waals surface area contributed by atoms with Crippen molar-refractivity contribution < 1.29 is 4.79 Å². The fourth-order valence-corrected chi connectivity index (χ4v) is 4.51. The van der Waals surface area contributed by atoms with Crippen LogP contribution in [0.1, 0.15) is 24.0 Å². The van der Waals surface area contributed by atoms with Crippen LogP contribution >= 0.6 is 11.3 Å². The lowest BCUT2D eigenvalue weighted by Gasteiger charge is -2.31. The second kappa shape index (κ2) is 7.37. The summed E-state index contributed by atoms with van der Waals surface area (Å²) in [5, 5.41) is 13.0. The van der Waals surface area contributed by atoms with E-state index in [0.717, 1.165) is 36.6 Å². The average Bonchev–Trinajstić information content (AvgIpc) is 3.11. The minimum atomic E-state index is -0.0105. The van der Waals surface area contributed by atoms with Gasteiger partial charge in [0.25, 0.3) is 0 Å². The Bertz CT molecular complexity index is 1030. The van der Waals surface area contributed by atoms with Crippen LogP contribution in [0.5, 0.6) is 0 Å². The van der Waals surface area contributed by atoms with Crippen LogP contribution in [0.15, 0.2) is 42.5 Å². The van der Waals surface area contributed by atoms with Gasteiger partial charge < -0.3 is 10.2 Å². The third kappa shape index (κ3) is 3.79. The minimum absolute atomic E-state index is 0.0105. The highest BCUT2D eigenvalue weighted by Crippen LogP contribution is 2.32. The number of nitrogens with zero attached hydrogens (tertiary/aromatic N) is 3. The molecule has 0 bridgehead atoms. The van der Waals surface area contributed by atoms with E-state index in [1.54, 1.807) is 29.5 Å². The number of carbonyl (C=O) groups is 1. The Balaban J connectivity index is 1.39. The number of thiazole rings is 1. The zero-order chi connectivity index (χ0) is 18.8. The molecule has 2 aromatic carbocycles. The predicted octanol–water partition coefficient (Wildman–Crippen LogP) is 4.33. The number of aromatic nitrogens is 1. The van der Waals surface area contributed by atoms with Gasteiger partial charge in [-0.05, 0) is 55.7 Å². The fourth-order valence-electron chi connectivity index (χ4n) is 3.40. The monoisotopic (exact) mass is 376 g/mol. The Morgan fingerprint density at radius 2 is 2.07 bits per heavy atom.